The first-order valence-corrected chi connectivity index (χ1v) is 8.65. The van der Waals surface area contributed by atoms with Crippen LogP contribution in [0, 0.1) is 0 Å². The number of fused-ring (bicyclic) bond motifs is 1. The zero-order valence-electron chi connectivity index (χ0n) is 11.0. The Morgan fingerprint density at radius 1 is 1.10 bits per heavy atom. The van der Waals surface area contributed by atoms with Gasteiger partial charge in [-0.15, -0.1) is 11.3 Å². The van der Waals surface area contributed by atoms with Crippen molar-refractivity contribution in [1.29, 1.82) is 0 Å². The van der Waals surface area contributed by atoms with E-state index in [-0.39, 0.29) is 11.5 Å². The summed E-state index contributed by atoms with van der Waals surface area (Å²) in [6.45, 7) is -0.190. The first-order chi connectivity index (χ1) is 10.1. The Balaban J connectivity index is 1.94. The van der Waals surface area contributed by atoms with Crippen LogP contribution in [-0.2, 0) is 16.6 Å². The van der Waals surface area contributed by atoms with Gasteiger partial charge in [-0.1, -0.05) is 12.1 Å². The van der Waals surface area contributed by atoms with Gasteiger partial charge in [-0.3, -0.25) is 4.72 Å². The summed E-state index contributed by atoms with van der Waals surface area (Å²) in [5.41, 5.74) is 1.08. The first kappa shape index (κ1) is 14.1. The van der Waals surface area contributed by atoms with Gasteiger partial charge >= 0.3 is 0 Å². The van der Waals surface area contributed by atoms with Gasteiger partial charge in [0.2, 0.25) is 0 Å². The van der Waals surface area contributed by atoms with Crippen LogP contribution in [0.5, 0.6) is 0 Å². The SMILES string of the molecule is O=S(=O)(Nc1ccc2sccc2c1)c1cccc(CO)c1. The fourth-order valence-corrected chi connectivity index (χ4v) is 3.95. The molecule has 0 saturated heterocycles. The smallest absolute Gasteiger partial charge is 0.261 e. The van der Waals surface area contributed by atoms with E-state index in [1.807, 2.05) is 17.5 Å². The molecule has 6 heteroatoms. The summed E-state index contributed by atoms with van der Waals surface area (Å²) in [7, 11) is -3.66. The standard InChI is InChI=1S/C15H13NO3S2/c17-10-11-2-1-3-14(8-11)21(18,19)16-13-4-5-15-12(9-13)6-7-20-15/h1-9,16-17H,10H2. The molecule has 1 aromatic heterocycles. The van der Waals surface area contributed by atoms with Crippen LogP contribution in [0.25, 0.3) is 10.1 Å². The van der Waals surface area contributed by atoms with E-state index in [0.29, 0.717) is 11.3 Å². The number of anilines is 1. The summed E-state index contributed by atoms with van der Waals surface area (Å²) < 4.78 is 28.4. The summed E-state index contributed by atoms with van der Waals surface area (Å²) in [5, 5.41) is 12.1. The quantitative estimate of drug-likeness (QED) is 0.776. The third-order valence-corrected chi connectivity index (χ3v) is 5.37. The molecular weight excluding hydrogens is 306 g/mol. The zero-order chi connectivity index (χ0) is 14.9. The topological polar surface area (TPSA) is 66.4 Å². The van der Waals surface area contributed by atoms with Crippen LogP contribution in [0.3, 0.4) is 0 Å². The molecule has 21 heavy (non-hydrogen) atoms. The fourth-order valence-electron chi connectivity index (χ4n) is 2.06. The average molecular weight is 319 g/mol. The van der Waals surface area contributed by atoms with Crippen molar-refractivity contribution in [3.63, 3.8) is 0 Å². The lowest BCUT2D eigenvalue weighted by atomic mass is 10.2. The molecule has 2 aromatic carbocycles. The van der Waals surface area contributed by atoms with Crippen molar-refractivity contribution in [2.75, 3.05) is 4.72 Å². The van der Waals surface area contributed by atoms with Crippen LogP contribution in [0.1, 0.15) is 5.56 Å². The van der Waals surface area contributed by atoms with Gasteiger partial charge in [-0.25, -0.2) is 8.42 Å². The third kappa shape index (κ3) is 2.92. The second kappa shape index (κ2) is 5.48. The lowest BCUT2D eigenvalue weighted by Gasteiger charge is -2.09. The lowest BCUT2D eigenvalue weighted by molar-refractivity contribution is 0.281. The number of rotatable bonds is 4. The predicted octanol–water partition coefficient (Wildman–Crippen LogP) is 3.19. The van der Waals surface area contributed by atoms with Crippen molar-refractivity contribution in [2.45, 2.75) is 11.5 Å². The summed E-state index contributed by atoms with van der Waals surface area (Å²) in [6.07, 6.45) is 0. The van der Waals surface area contributed by atoms with E-state index < -0.39 is 10.0 Å². The van der Waals surface area contributed by atoms with Gasteiger partial charge in [0.05, 0.1) is 11.5 Å². The van der Waals surface area contributed by atoms with Crippen molar-refractivity contribution in [1.82, 2.24) is 0 Å². The predicted molar refractivity (Wildman–Crippen MR) is 85.0 cm³/mol. The molecule has 0 bridgehead atoms. The molecule has 108 valence electrons. The van der Waals surface area contributed by atoms with E-state index in [1.54, 1.807) is 35.6 Å². The van der Waals surface area contributed by atoms with E-state index in [2.05, 4.69) is 4.72 Å². The minimum atomic E-state index is -3.66. The largest absolute Gasteiger partial charge is 0.392 e. The highest BCUT2D eigenvalue weighted by Gasteiger charge is 2.14. The van der Waals surface area contributed by atoms with Crippen molar-refractivity contribution >= 4 is 37.1 Å². The summed E-state index contributed by atoms with van der Waals surface area (Å²) in [6, 6.07) is 13.6. The van der Waals surface area contributed by atoms with E-state index in [9.17, 15) is 8.42 Å². The van der Waals surface area contributed by atoms with E-state index in [1.165, 1.54) is 12.1 Å². The molecule has 0 aliphatic heterocycles. The maximum absolute atomic E-state index is 12.4. The molecule has 4 nitrogen and oxygen atoms in total. The molecule has 0 aliphatic carbocycles. The maximum Gasteiger partial charge on any atom is 0.261 e. The van der Waals surface area contributed by atoms with Gasteiger partial charge in [0, 0.05) is 10.4 Å². The normalized spacial score (nSPS) is 11.7. The van der Waals surface area contributed by atoms with Crippen LogP contribution in [0.4, 0.5) is 5.69 Å². The molecule has 0 aliphatic rings. The number of hydrogen-bond acceptors (Lipinski definition) is 4. The van der Waals surface area contributed by atoms with E-state index >= 15 is 0 Å². The molecule has 0 fully saturated rings. The third-order valence-electron chi connectivity index (χ3n) is 3.10. The molecule has 0 spiro atoms. The van der Waals surface area contributed by atoms with Crippen LogP contribution in [0.15, 0.2) is 58.8 Å². The molecule has 0 amide bonds. The highest BCUT2D eigenvalue weighted by atomic mass is 32.2. The van der Waals surface area contributed by atoms with Crippen LogP contribution in [-0.4, -0.2) is 13.5 Å². The Bertz CT molecular complexity index is 885. The minimum Gasteiger partial charge on any atom is -0.392 e. The Kier molecular flexibility index (Phi) is 3.67. The molecule has 2 N–H and O–H groups in total. The second-order valence-corrected chi connectivity index (χ2v) is 7.21. The van der Waals surface area contributed by atoms with Crippen LogP contribution in [0.2, 0.25) is 0 Å². The molecule has 1 heterocycles. The maximum atomic E-state index is 12.4. The molecule has 0 saturated carbocycles. The van der Waals surface area contributed by atoms with Gasteiger partial charge in [-0.2, -0.15) is 0 Å². The van der Waals surface area contributed by atoms with Gasteiger partial charge in [0.25, 0.3) is 10.0 Å². The fraction of sp³-hybridized carbons (Fsp3) is 0.0667. The number of aliphatic hydroxyl groups excluding tert-OH is 1. The van der Waals surface area contributed by atoms with Gasteiger partial charge in [0.15, 0.2) is 0 Å². The number of hydrogen-bond donors (Lipinski definition) is 2. The second-order valence-electron chi connectivity index (χ2n) is 4.58. The van der Waals surface area contributed by atoms with Crippen molar-refractivity contribution in [2.24, 2.45) is 0 Å². The van der Waals surface area contributed by atoms with Gasteiger partial charge in [0.1, 0.15) is 0 Å². The van der Waals surface area contributed by atoms with Crippen molar-refractivity contribution < 1.29 is 13.5 Å². The molecule has 0 atom stereocenters. The van der Waals surface area contributed by atoms with Crippen LogP contribution >= 0.6 is 11.3 Å². The summed E-state index contributed by atoms with van der Waals surface area (Å²) >= 11 is 1.61. The van der Waals surface area contributed by atoms with Gasteiger partial charge < -0.3 is 5.11 Å². The minimum absolute atomic E-state index is 0.138. The summed E-state index contributed by atoms with van der Waals surface area (Å²) in [4.78, 5) is 0.138. The van der Waals surface area contributed by atoms with Crippen molar-refractivity contribution in [3.8, 4) is 0 Å². The Morgan fingerprint density at radius 2 is 1.95 bits per heavy atom. The Morgan fingerprint density at radius 3 is 2.76 bits per heavy atom. The van der Waals surface area contributed by atoms with Crippen LogP contribution < -0.4 is 4.72 Å². The van der Waals surface area contributed by atoms with E-state index in [4.69, 9.17) is 5.11 Å². The number of nitrogens with one attached hydrogen (secondary N) is 1. The van der Waals surface area contributed by atoms with Gasteiger partial charge in [-0.05, 0) is 52.7 Å². The average Bonchev–Trinajstić information content (AvgIpc) is 2.94. The first-order valence-electron chi connectivity index (χ1n) is 6.28. The summed E-state index contributed by atoms with van der Waals surface area (Å²) in [5.74, 6) is 0. The number of benzene rings is 2. The number of sulfonamides is 1. The Labute approximate surface area is 126 Å². The highest BCUT2D eigenvalue weighted by Crippen LogP contribution is 2.25. The molecular formula is C15H13NO3S2. The number of thiophene rings is 1. The lowest BCUT2D eigenvalue weighted by Crippen LogP contribution is -2.13. The molecule has 0 unspecified atom stereocenters. The Hall–Kier alpha value is -1.89. The molecule has 0 radical (unpaired) electrons. The highest BCUT2D eigenvalue weighted by molar-refractivity contribution is 7.92. The van der Waals surface area contributed by atoms with E-state index in [0.717, 1.165) is 10.1 Å². The molecule has 3 rings (SSSR count). The van der Waals surface area contributed by atoms with Crippen molar-refractivity contribution in [3.05, 3.63) is 59.5 Å². The zero-order valence-corrected chi connectivity index (χ0v) is 12.6. The molecule has 3 aromatic rings. The monoisotopic (exact) mass is 319 g/mol. The number of aliphatic hydroxyl groups is 1.